The summed E-state index contributed by atoms with van der Waals surface area (Å²) in [6.45, 7) is 1.27. The van der Waals surface area contributed by atoms with E-state index >= 15 is 0 Å². The van der Waals surface area contributed by atoms with Crippen molar-refractivity contribution in [2.24, 2.45) is 5.41 Å². The van der Waals surface area contributed by atoms with Crippen molar-refractivity contribution in [3.8, 4) is 0 Å². The maximum Gasteiger partial charge on any atom is 0.420 e. The molecule has 1 aromatic rings. The second kappa shape index (κ2) is 5.30. The van der Waals surface area contributed by atoms with Crippen LogP contribution < -0.4 is 10.2 Å². The smallest absolute Gasteiger partial charge is 0.356 e. The molecule has 4 nitrogen and oxygen atoms in total. The molecule has 1 amide bonds. The van der Waals surface area contributed by atoms with E-state index in [-0.39, 0.29) is 23.3 Å². The molecule has 120 valence electrons. The van der Waals surface area contributed by atoms with Crippen LogP contribution in [0.4, 0.5) is 19.0 Å². The van der Waals surface area contributed by atoms with E-state index in [4.69, 9.17) is 11.6 Å². The number of alkyl halides is 3. The zero-order valence-corrected chi connectivity index (χ0v) is 12.5. The number of nitrogens with one attached hydrogen (secondary N) is 1. The van der Waals surface area contributed by atoms with Gasteiger partial charge in [-0.3, -0.25) is 4.79 Å². The summed E-state index contributed by atoms with van der Waals surface area (Å²) in [7, 11) is 0. The standard InChI is InChI=1S/C14H15ClF3N3O/c15-9-6-10(14(16,17)18)11(20-7-9)21-5-3-13(8-21)2-1-4-19-12(13)22/h6-7H,1-5,8H2,(H,19,22)/t13-/m1/s1. The van der Waals surface area contributed by atoms with E-state index in [0.717, 1.165) is 12.5 Å². The summed E-state index contributed by atoms with van der Waals surface area (Å²) in [5, 5.41) is 2.76. The van der Waals surface area contributed by atoms with Crippen LogP contribution in [0.3, 0.4) is 0 Å². The Kier molecular flexibility index (Phi) is 3.71. The van der Waals surface area contributed by atoms with Crippen LogP contribution in [-0.2, 0) is 11.0 Å². The van der Waals surface area contributed by atoms with E-state index in [2.05, 4.69) is 10.3 Å². The van der Waals surface area contributed by atoms with Gasteiger partial charge in [0.15, 0.2) is 0 Å². The summed E-state index contributed by atoms with van der Waals surface area (Å²) in [4.78, 5) is 17.5. The maximum atomic E-state index is 13.2. The molecular weight excluding hydrogens is 319 g/mol. The van der Waals surface area contributed by atoms with E-state index in [9.17, 15) is 18.0 Å². The highest BCUT2D eigenvalue weighted by Gasteiger charge is 2.47. The fraction of sp³-hybridized carbons (Fsp3) is 0.571. The summed E-state index contributed by atoms with van der Waals surface area (Å²) in [6.07, 6.45) is -1.24. The van der Waals surface area contributed by atoms with E-state index < -0.39 is 17.2 Å². The van der Waals surface area contributed by atoms with E-state index in [1.54, 1.807) is 4.90 Å². The topological polar surface area (TPSA) is 45.2 Å². The molecule has 2 aliphatic heterocycles. The lowest BCUT2D eigenvalue weighted by Gasteiger charge is -2.32. The molecule has 1 atom stereocenters. The molecule has 3 rings (SSSR count). The predicted molar refractivity (Wildman–Crippen MR) is 75.8 cm³/mol. The van der Waals surface area contributed by atoms with Gasteiger partial charge in [0.2, 0.25) is 5.91 Å². The Morgan fingerprint density at radius 1 is 1.36 bits per heavy atom. The lowest BCUT2D eigenvalue weighted by Crippen LogP contribution is -2.47. The average Bonchev–Trinajstić information content (AvgIpc) is 2.86. The fourth-order valence-corrected chi connectivity index (χ4v) is 3.42. The van der Waals surface area contributed by atoms with Gasteiger partial charge >= 0.3 is 6.18 Å². The largest absolute Gasteiger partial charge is 0.420 e. The Morgan fingerprint density at radius 2 is 2.14 bits per heavy atom. The number of aromatic nitrogens is 1. The summed E-state index contributed by atoms with van der Waals surface area (Å²) < 4.78 is 39.6. The fourth-order valence-electron chi connectivity index (χ4n) is 3.26. The molecule has 0 unspecified atom stereocenters. The third-order valence-electron chi connectivity index (χ3n) is 4.39. The predicted octanol–water partition coefficient (Wildman–Crippen LogP) is 2.86. The second-order valence-electron chi connectivity index (χ2n) is 5.83. The van der Waals surface area contributed by atoms with Crippen LogP contribution in [0, 0.1) is 5.41 Å². The van der Waals surface area contributed by atoms with Gasteiger partial charge in [0.1, 0.15) is 5.82 Å². The van der Waals surface area contributed by atoms with Crippen LogP contribution in [0.5, 0.6) is 0 Å². The zero-order valence-electron chi connectivity index (χ0n) is 11.7. The van der Waals surface area contributed by atoms with Gasteiger partial charge in [-0.15, -0.1) is 0 Å². The number of anilines is 1. The third kappa shape index (κ3) is 2.62. The van der Waals surface area contributed by atoms with Gasteiger partial charge < -0.3 is 10.2 Å². The molecule has 2 fully saturated rings. The normalized spacial score (nSPS) is 25.6. The SMILES string of the molecule is O=C1NCCC[C@]12CCN(c1ncc(Cl)cc1C(F)(F)F)C2. The van der Waals surface area contributed by atoms with Crippen LogP contribution in [0.25, 0.3) is 0 Å². The van der Waals surface area contributed by atoms with Crippen molar-refractivity contribution >= 4 is 23.3 Å². The molecular formula is C14H15ClF3N3O. The van der Waals surface area contributed by atoms with Gasteiger partial charge in [-0.05, 0) is 25.3 Å². The molecule has 0 saturated carbocycles. The molecule has 0 radical (unpaired) electrons. The Hall–Kier alpha value is -1.50. The lowest BCUT2D eigenvalue weighted by molar-refractivity contribution is -0.137. The highest BCUT2D eigenvalue weighted by atomic mass is 35.5. The van der Waals surface area contributed by atoms with Crippen molar-refractivity contribution in [2.45, 2.75) is 25.4 Å². The minimum atomic E-state index is -4.53. The quantitative estimate of drug-likeness (QED) is 0.859. The summed E-state index contributed by atoms with van der Waals surface area (Å²) in [5.41, 5.74) is -1.45. The highest BCUT2D eigenvalue weighted by Crippen LogP contribution is 2.43. The van der Waals surface area contributed by atoms with Gasteiger partial charge in [-0.25, -0.2) is 4.98 Å². The van der Waals surface area contributed by atoms with Gasteiger partial charge in [0, 0.05) is 25.8 Å². The Balaban J connectivity index is 1.92. The van der Waals surface area contributed by atoms with E-state index in [1.807, 2.05) is 0 Å². The summed E-state index contributed by atoms with van der Waals surface area (Å²) in [5.74, 6) is -0.212. The minimum Gasteiger partial charge on any atom is -0.356 e. The Labute approximate surface area is 130 Å². The van der Waals surface area contributed by atoms with Crippen molar-refractivity contribution in [3.05, 3.63) is 22.8 Å². The van der Waals surface area contributed by atoms with Gasteiger partial charge in [-0.1, -0.05) is 11.6 Å². The number of hydrogen-bond acceptors (Lipinski definition) is 3. The number of amides is 1. The monoisotopic (exact) mass is 333 g/mol. The van der Waals surface area contributed by atoms with Crippen molar-refractivity contribution in [1.82, 2.24) is 10.3 Å². The molecule has 3 heterocycles. The van der Waals surface area contributed by atoms with Gasteiger partial charge in [-0.2, -0.15) is 13.2 Å². The van der Waals surface area contributed by atoms with Crippen molar-refractivity contribution in [3.63, 3.8) is 0 Å². The van der Waals surface area contributed by atoms with Crippen LogP contribution in [0.2, 0.25) is 5.02 Å². The van der Waals surface area contributed by atoms with Crippen LogP contribution in [0.15, 0.2) is 12.3 Å². The van der Waals surface area contributed by atoms with Gasteiger partial charge in [0.05, 0.1) is 16.0 Å². The number of nitrogens with zero attached hydrogens (tertiary/aromatic N) is 2. The first kappa shape index (κ1) is 15.4. The van der Waals surface area contributed by atoms with E-state index in [1.165, 1.54) is 6.20 Å². The molecule has 2 aliphatic rings. The highest BCUT2D eigenvalue weighted by molar-refractivity contribution is 6.30. The number of halogens is 4. The maximum absolute atomic E-state index is 13.2. The summed E-state index contributed by atoms with van der Waals surface area (Å²) >= 11 is 5.65. The zero-order chi connectivity index (χ0) is 16.0. The number of rotatable bonds is 1. The van der Waals surface area contributed by atoms with E-state index in [0.29, 0.717) is 25.9 Å². The lowest BCUT2D eigenvalue weighted by atomic mass is 9.79. The first-order chi connectivity index (χ1) is 10.3. The molecule has 22 heavy (non-hydrogen) atoms. The molecule has 1 spiro atoms. The first-order valence-electron chi connectivity index (χ1n) is 7.08. The number of carbonyl (C=O) groups excluding carboxylic acids is 1. The molecule has 1 N–H and O–H groups in total. The van der Waals surface area contributed by atoms with Crippen molar-refractivity contribution in [1.29, 1.82) is 0 Å². The summed E-state index contributed by atoms with van der Waals surface area (Å²) in [6, 6.07) is 0.885. The first-order valence-corrected chi connectivity index (χ1v) is 7.46. The van der Waals surface area contributed by atoms with Crippen LogP contribution >= 0.6 is 11.6 Å². The minimum absolute atomic E-state index is 0.0552. The number of carbonyl (C=O) groups is 1. The number of pyridine rings is 1. The number of piperidine rings is 1. The number of hydrogen-bond donors (Lipinski definition) is 1. The van der Waals surface area contributed by atoms with Crippen molar-refractivity contribution < 1.29 is 18.0 Å². The Morgan fingerprint density at radius 3 is 2.82 bits per heavy atom. The molecule has 0 aliphatic carbocycles. The molecule has 0 aromatic carbocycles. The van der Waals surface area contributed by atoms with Crippen LogP contribution in [-0.4, -0.2) is 30.5 Å². The molecule has 0 bridgehead atoms. The third-order valence-corrected chi connectivity index (χ3v) is 4.60. The second-order valence-corrected chi connectivity index (χ2v) is 6.27. The molecule has 2 saturated heterocycles. The van der Waals surface area contributed by atoms with Gasteiger partial charge in [0.25, 0.3) is 0 Å². The van der Waals surface area contributed by atoms with Crippen molar-refractivity contribution in [2.75, 3.05) is 24.5 Å². The van der Waals surface area contributed by atoms with Crippen LogP contribution in [0.1, 0.15) is 24.8 Å². The molecule has 8 heteroatoms. The Bertz CT molecular complexity index is 607. The average molecular weight is 334 g/mol. The molecule has 1 aromatic heterocycles.